The zero-order valence-electron chi connectivity index (χ0n) is 36.4. The van der Waals surface area contributed by atoms with Gasteiger partial charge in [-0.05, 0) is 119 Å². The molecule has 0 atom stereocenters. The maximum atomic E-state index is 5.31. The molecule has 316 valence electrons. The van der Waals surface area contributed by atoms with Gasteiger partial charge < -0.3 is 9.13 Å². The molecule has 4 nitrogen and oxygen atoms in total. The summed E-state index contributed by atoms with van der Waals surface area (Å²) in [6, 6.07) is 79.7. The molecule has 0 aliphatic rings. The molecular weight excluding hydrogens is 865 g/mol. The van der Waals surface area contributed by atoms with Crippen molar-refractivity contribution >= 4 is 118 Å². The molecule has 15 rings (SSSR count). The van der Waals surface area contributed by atoms with Crippen LogP contribution in [-0.2, 0) is 0 Å². The summed E-state index contributed by atoms with van der Waals surface area (Å²) in [5.74, 6) is 0.725. The van der Waals surface area contributed by atoms with Crippen LogP contribution in [0.5, 0.6) is 0 Å². The van der Waals surface area contributed by atoms with E-state index in [0.717, 1.165) is 49.8 Å². The van der Waals surface area contributed by atoms with Gasteiger partial charge in [-0.1, -0.05) is 121 Å². The Morgan fingerprint density at radius 1 is 0.309 bits per heavy atom. The monoisotopic (exact) mass is 900 g/mol. The average Bonchev–Trinajstić information content (AvgIpc) is 4.15. The first-order valence-corrected chi connectivity index (χ1v) is 24.6. The molecular formula is C62H36N4S2. The highest BCUT2D eigenvalue weighted by Gasteiger charge is 2.20. The minimum atomic E-state index is 0.725. The molecule has 0 radical (unpaired) electrons. The second kappa shape index (κ2) is 14.5. The fourth-order valence-electron chi connectivity index (χ4n) is 10.8. The Labute approximate surface area is 397 Å². The summed E-state index contributed by atoms with van der Waals surface area (Å²) >= 11 is 3.60. The van der Waals surface area contributed by atoms with Crippen molar-refractivity contribution in [3.63, 3.8) is 0 Å². The van der Waals surface area contributed by atoms with Crippen LogP contribution < -0.4 is 0 Å². The van der Waals surface area contributed by atoms with Crippen molar-refractivity contribution in [3.05, 3.63) is 218 Å². The molecule has 0 aliphatic carbocycles. The van der Waals surface area contributed by atoms with E-state index in [-0.39, 0.29) is 0 Å². The summed E-state index contributed by atoms with van der Waals surface area (Å²) in [6.07, 6.45) is 0. The van der Waals surface area contributed by atoms with Crippen molar-refractivity contribution in [1.29, 1.82) is 0 Å². The van der Waals surface area contributed by atoms with Crippen LogP contribution in [0.2, 0.25) is 0 Å². The Morgan fingerprint density at radius 3 is 1.62 bits per heavy atom. The highest BCUT2D eigenvalue weighted by Crippen LogP contribution is 2.44. The van der Waals surface area contributed by atoms with Crippen molar-refractivity contribution in [2.24, 2.45) is 0 Å². The van der Waals surface area contributed by atoms with Crippen LogP contribution in [-0.4, -0.2) is 19.1 Å². The summed E-state index contributed by atoms with van der Waals surface area (Å²) in [4.78, 5) is 11.5. The third-order valence-electron chi connectivity index (χ3n) is 13.9. The van der Waals surface area contributed by atoms with E-state index >= 15 is 0 Å². The summed E-state index contributed by atoms with van der Waals surface area (Å²) in [6.45, 7) is 0. The lowest BCUT2D eigenvalue weighted by Gasteiger charge is -2.11. The van der Waals surface area contributed by atoms with Gasteiger partial charge >= 0.3 is 0 Å². The van der Waals surface area contributed by atoms with Gasteiger partial charge in [0, 0.05) is 79.7 Å². The van der Waals surface area contributed by atoms with E-state index in [4.69, 9.17) is 9.97 Å². The molecule has 0 spiro atoms. The lowest BCUT2D eigenvalue weighted by Crippen LogP contribution is -1.96. The van der Waals surface area contributed by atoms with Gasteiger partial charge in [0.2, 0.25) is 0 Å². The highest BCUT2D eigenvalue weighted by molar-refractivity contribution is 7.26. The Hall–Kier alpha value is -8.42. The van der Waals surface area contributed by atoms with Crippen LogP contribution in [0.1, 0.15) is 0 Å². The van der Waals surface area contributed by atoms with Crippen molar-refractivity contribution in [2.45, 2.75) is 0 Å². The standard InChI is InChI=1S/C62H36N4S2/c1-3-13-37(14-4-1)60-59-46-19-9-12-22-56(46)68-62(59)64-61(63-60)38-23-28-43(29-24-38)66-53-31-26-40(39-25-30-52-48(33-39)44-17-7-10-20-51(44)65(52)42-15-5-2-6-16-42)34-49(53)50-36-47-41(35-54(50)66)27-32-57-58(47)45-18-8-11-21-55(45)67-57/h1-36H. The predicted molar refractivity (Wildman–Crippen MR) is 290 cm³/mol. The fourth-order valence-corrected chi connectivity index (χ4v) is 13.0. The number of nitrogens with zero attached hydrogens (tertiary/aromatic N) is 4. The first-order chi connectivity index (χ1) is 33.7. The van der Waals surface area contributed by atoms with Crippen molar-refractivity contribution in [3.8, 4) is 45.1 Å². The third kappa shape index (κ3) is 5.59. The average molecular weight is 901 g/mol. The maximum Gasteiger partial charge on any atom is 0.161 e. The van der Waals surface area contributed by atoms with Gasteiger partial charge in [-0.15, -0.1) is 22.7 Å². The molecule has 15 aromatic rings. The second-order valence-corrected chi connectivity index (χ2v) is 19.8. The number of thiophene rings is 2. The minimum absolute atomic E-state index is 0.725. The highest BCUT2D eigenvalue weighted by atomic mass is 32.1. The van der Waals surface area contributed by atoms with Crippen molar-refractivity contribution < 1.29 is 0 Å². The maximum absolute atomic E-state index is 5.31. The Morgan fingerprint density at radius 2 is 0.868 bits per heavy atom. The molecule has 0 aliphatic heterocycles. The number of para-hydroxylation sites is 2. The summed E-state index contributed by atoms with van der Waals surface area (Å²) in [5, 5.41) is 12.4. The molecule has 0 unspecified atom stereocenters. The van der Waals surface area contributed by atoms with E-state index < -0.39 is 0 Å². The first-order valence-electron chi connectivity index (χ1n) is 23.0. The molecule has 0 fully saturated rings. The predicted octanol–water partition coefficient (Wildman–Crippen LogP) is 17.6. The van der Waals surface area contributed by atoms with Gasteiger partial charge in [0.1, 0.15) is 4.83 Å². The van der Waals surface area contributed by atoms with Crippen molar-refractivity contribution in [1.82, 2.24) is 19.1 Å². The summed E-state index contributed by atoms with van der Waals surface area (Å²) in [5.41, 5.74) is 12.4. The summed E-state index contributed by atoms with van der Waals surface area (Å²) < 4.78 is 8.67. The van der Waals surface area contributed by atoms with E-state index in [2.05, 4.69) is 228 Å². The van der Waals surface area contributed by atoms with Gasteiger partial charge in [-0.3, -0.25) is 0 Å². The van der Waals surface area contributed by atoms with E-state index in [0.29, 0.717) is 0 Å². The largest absolute Gasteiger partial charge is 0.309 e. The number of fused-ring (bicyclic) bond motifs is 14. The minimum Gasteiger partial charge on any atom is -0.309 e. The van der Waals surface area contributed by atoms with E-state index in [1.165, 1.54) is 90.3 Å². The van der Waals surface area contributed by atoms with Gasteiger partial charge in [0.05, 0.1) is 27.8 Å². The van der Waals surface area contributed by atoms with Crippen LogP contribution in [0.15, 0.2) is 218 Å². The number of aromatic nitrogens is 4. The van der Waals surface area contributed by atoms with E-state index in [9.17, 15) is 0 Å². The topological polar surface area (TPSA) is 35.6 Å². The van der Waals surface area contributed by atoms with Gasteiger partial charge in [0.15, 0.2) is 5.82 Å². The number of hydrogen-bond acceptors (Lipinski definition) is 4. The second-order valence-electron chi connectivity index (χ2n) is 17.7. The number of hydrogen-bond donors (Lipinski definition) is 0. The van der Waals surface area contributed by atoms with Crippen molar-refractivity contribution in [2.75, 3.05) is 0 Å². The van der Waals surface area contributed by atoms with Crippen LogP contribution in [0.3, 0.4) is 0 Å². The lowest BCUT2D eigenvalue weighted by molar-refractivity contribution is 1.18. The lowest BCUT2D eigenvalue weighted by atomic mass is 9.98. The van der Waals surface area contributed by atoms with Crippen LogP contribution in [0.25, 0.3) is 140 Å². The van der Waals surface area contributed by atoms with Gasteiger partial charge in [-0.2, -0.15) is 0 Å². The SMILES string of the molecule is c1ccc(-c2nc(-c3ccc(-n4c5ccc(-c6ccc7c(c6)c6ccccc6n7-c6ccccc6)cc5c5cc6c(ccc7sc8ccccc8c76)cc54)cc3)nc3sc4ccccc4c23)cc1. The number of benzene rings is 10. The summed E-state index contributed by atoms with van der Waals surface area (Å²) in [7, 11) is 0. The van der Waals surface area contributed by atoms with E-state index in [1.807, 2.05) is 11.3 Å². The quantitative estimate of drug-likeness (QED) is 0.173. The molecule has 68 heavy (non-hydrogen) atoms. The molecule has 0 amide bonds. The normalized spacial score (nSPS) is 12.1. The van der Waals surface area contributed by atoms with Gasteiger partial charge in [0.25, 0.3) is 0 Å². The molecule has 0 saturated carbocycles. The van der Waals surface area contributed by atoms with Crippen LogP contribution in [0.4, 0.5) is 0 Å². The Kier molecular flexibility index (Phi) is 8.07. The third-order valence-corrected chi connectivity index (χ3v) is 16.1. The molecule has 0 saturated heterocycles. The Balaban J connectivity index is 0.930. The van der Waals surface area contributed by atoms with Crippen LogP contribution >= 0.6 is 22.7 Å². The molecule has 6 heteroatoms. The molecule has 0 bridgehead atoms. The van der Waals surface area contributed by atoms with Crippen LogP contribution in [0, 0.1) is 0 Å². The number of rotatable bonds is 5. The smallest absolute Gasteiger partial charge is 0.161 e. The zero-order chi connectivity index (χ0) is 44.5. The molecule has 5 heterocycles. The first kappa shape index (κ1) is 37.8. The molecule has 0 N–H and O–H groups in total. The zero-order valence-corrected chi connectivity index (χ0v) is 38.0. The molecule has 5 aromatic heterocycles. The fraction of sp³-hybridized carbons (Fsp3) is 0. The molecule has 10 aromatic carbocycles. The Bertz CT molecular complexity index is 4540. The van der Waals surface area contributed by atoms with E-state index in [1.54, 1.807) is 11.3 Å². The van der Waals surface area contributed by atoms with Gasteiger partial charge in [-0.25, -0.2) is 9.97 Å².